The van der Waals surface area contributed by atoms with Gasteiger partial charge in [0.1, 0.15) is 0 Å². The predicted octanol–water partition coefficient (Wildman–Crippen LogP) is -0.197. The van der Waals surface area contributed by atoms with Gasteiger partial charge in [-0.1, -0.05) is 0 Å². The van der Waals surface area contributed by atoms with Crippen molar-refractivity contribution in [3.8, 4) is 0 Å². The van der Waals surface area contributed by atoms with Crippen molar-refractivity contribution in [1.29, 1.82) is 0 Å². The average molecular weight is 297 g/mol. The lowest BCUT2D eigenvalue weighted by Gasteiger charge is -2.21. The Kier molecular flexibility index (Phi) is 4.82. The third-order valence-corrected chi connectivity index (χ3v) is 4.01. The van der Waals surface area contributed by atoms with Crippen molar-refractivity contribution >= 4 is 17.8 Å². The summed E-state index contributed by atoms with van der Waals surface area (Å²) in [7, 11) is 0. The second-order valence-electron chi connectivity index (χ2n) is 6.14. The third kappa shape index (κ3) is 4.70. The largest absolute Gasteiger partial charge is 0.481 e. The molecule has 0 saturated heterocycles. The van der Waals surface area contributed by atoms with Crippen LogP contribution in [0.2, 0.25) is 0 Å². The Hall–Kier alpha value is -1.63. The molecular formula is C14H23N3O4. The lowest BCUT2D eigenvalue weighted by Crippen LogP contribution is -2.53. The van der Waals surface area contributed by atoms with Crippen molar-refractivity contribution in [3.05, 3.63) is 0 Å². The minimum absolute atomic E-state index is 0.0143. The van der Waals surface area contributed by atoms with Gasteiger partial charge in [0.05, 0.1) is 18.6 Å². The summed E-state index contributed by atoms with van der Waals surface area (Å²) in [4.78, 5) is 34.4. The summed E-state index contributed by atoms with van der Waals surface area (Å²) in [6.45, 7) is 1.65. The molecule has 0 bridgehead atoms. The number of nitrogens with one attached hydrogen (secondary N) is 2. The summed E-state index contributed by atoms with van der Waals surface area (Å²) in [5, 5.41) is 13.9. The SMILES string of the molecule is CC(NC(=O)C(N)CC(=O)O)NC(=O)C(C1CC1)C1CC1. The molecule has 21 heavy (non-hydrogen) atoms. The van der Waals surface area contributed by atoms with Gasteiger partial charge in [0.2, 0.25) is 11.8 Å². The fraction of sp³-hybridized carbons (Fsp3) is 0.786. The Bertz CT molecular complexity index is 420. The van der Waals surface area contributed by atoms with Crippen LogP contribution in [0.15, 0.2) is 0 Å². The highest BCUT2D eigenvalue weighted by Crippen LogP contribution is 2.49. The van der Waals surface area contributed by atoms with Crippen LogP contribution in [0.25, 0.3) is 0 Å². The van der Waals surface area contributed by atoms with E-state index >= 15 is 0 Å². The van der Waals surface area contributed by atoms with E-state index in [1.165, 1.54) is 0 Å². The van der Waals surface area contributed by atoms with E-state index in [0.29, 0.717) is 11.8 Å². The molecule has 0 spiro atoms. The molecule has 2 unspecified atom stereocenters. The fourth-order valence-corrected chi connectivity index (χ4v) is 2.67. The Morgan fingerprint density at radius 3 is 2.00 bits per heavy atom. The molecule has 0 heterocycles. The normalized spacial score (nSPS) is 20.7. The quantitative estimate of drug-likeness (QED) is 0.462. The zero-order valence-electron chi connectivity index (χ0n) is 12.2. The molecule has 2 rings (SSSR count). The van der Waals surface area contributed by atoms with Crippen molar-refractivity contribution in [2.45, 2.75) is 51.2 Å². The van der Waals surface area contributed by atoms with Crippen molar-refractivity contribution in [1.82, 2.24) is 10.6 Å². The molecule has 2 amide bonds. The molecule has 2 fully saturated rings. The van der Waals surface area contributed by atoms with Gasteiger partial charge in [-0.3, -0.25) is 14.4 Å². The second-order valence-corrected chi connectivity index (χ2v) is 6.14. The van der Waals surface area contributed by atoms with Gasteiger partial charge < -0.3 is 21.5 Å². The predicted molar refractivity (Wildman–Crippen MR) is 74.9 cm³/mol. The van der Waals surface area contributed by atoms with E-state index in [0.717, 1.165) is 25.7 Å². The van der Waals surface area contributed by atoms with Gasteiger partial charge in [0.25, 0.3) is 0 Å². The fourth-order valence-electron chi connectivity index (χ4n) is 2.67. The van der Waals surface area contributed by atoms with Crippen molar-refractivity contribution < 1.29 is 19.5 Å². The summed E-state index contributed by atoms with van der Waals surface area (Å²) in [5.74, 6) is -0.655. The van der Waals surface area contributed by atoms with E-state index in [1.807, 2.05) is 0 Å². The van der Waals surface area contributed by atoms with Gasteiger partial charge in [0.15, 0.2) is 0 Å². The van der Waals surface area contributed by atoms with Gasteiger partial charge in [-0.25, -0.2) is 0 Å². The van der Waals surface area contributed by atoms with Crippen LogP contribution in [0.1, 0.15) is 39.0 Å². The van der Waals surface area contributed by atoms with Crippen LogP contribution in [-0.2, 0) is 14.4 Å². The van der Waals surface area contributed by atoms with E-state index in [-0.39, 0.29) is 11.8 Å². The number of hydrogen-bond donors (Lipinski definition) is 4. The molecule has 2 saturated carbocycles. The maximum atomic E-state index is 12.3. The highest BCUT2D eigenvalue weighted by Gasteiger charge is 2.45. The number of aliphatic carboxylic acids is 1. The number of amides is 2. The molecule has 2 aliphatic carbocycles. The second kappa shape index (κ2) is 6.43. The minimum atomic E-state index is -1.13. The molecule has 118 valence electrons. The Morgan fingerprint density at radius 2 is 1.57 bits per heavy atom. The summed E-state index contributed by atoms with van der Waals surface area (Å²) < 4.78 is 0. The lowest BCUT2D eigenvalue weighted by atomic mass is 9.97. The molecule has 5 N–H and O–H groups in total. The average Bonchev–Trinajstić information content (AvgIpc) is 3.21. The molecule has 7 nitrogen and oxygen atoms in total. The Labute approximate surface area is 123 Å². The van der Waals surface area contributed by atoms with Gasteiger partial charge in [-0.15, -0.1) is 0 Å². The molecular weight excluding hydrogens is 274 g/mol. The van der Waals surface area contributed by atoms with Crippen LogP contribution in [-0.4, -0.2) is 35.1 Å². The smallest absolute Gasteiger partial charge is 0.305 e. The molecule has 2 aliphatic rings. The summed E-state index contributed by atoms with van der Waals surface area (Å²) in [6, 6.07) is -1.11. The highest BCUT2D eigenvalue weighted by atomic mass is 16.4. The van der Waals surface area contributed by atoms with Crippen LogP contribution in [0.4, 0.5) is 0 Å². The van der Waals surface area contributed by atoms with Crippen LogP contribution >= 0.6 is 0 Å². The number of carboxylic acids is 1. The maximum Gasteiger partial charge on any atom is 0.305 e. The molecule has 0 radical (unpaired) electrons. The first-order valence-electron chi connectivity index (χ1n) is 7.46. The lowest BCUT2D eigenvalue weighted by molar-refractivity contribution is -0.139. The molecule has 7 heteroatoms. The van der Waals surface area contributed by atoms with Crippen LogP contribution in [0.5, 0.6) is 0 Å². The number of nitrogens with two attached hydrogens (primary N) is 1. The standard InChI is InChI=1S/C14H23N3O4/c1-7(16-13(20)10(15)6-11(18)19)17-14(21)12(8-2-3-8)9-4-5-9/h7-10,12H,2-6,15H2,1H3,(H,16,20)(H,17,21)(H,18,19). The van der Waals surface area contributed by atoms with Crippen molar-refractivity contribution in [2.24, 2.45) is 23.5 Å². The molecule has 0 aromatic heterocycles. The maximum absolute atomic E-state index is 12.3. The van der Waals surface area contributed by atoms with Crippen LogP contribution in [0, 0.1) is 17.8 Å². The number of rotatable bonds is 8. The van der Waals surface area contributed by atoms with Gasteiger partial charge in [0, 0.05) is 5.92 Å². The Morgan fingerprint density at radius 1 is 1.10 bits per heavy atom. The highest BCUT2D eigenvalue weighted by molar-refractivity contribution is 5.86. The summed E-state index contributed by atoms with van der Waals surface area (Å²) in [5.41, 5.74) is 5.47. The topological polar surface area (TPSA) is 122 Å². The van der Waals surface area contributed by atoms with E-state index in [2.05, 4.69) is 10.6 Å². The van der Waals surface area contributed by atoms with Crippen LogP contribution in [0.3, 0.4) is 0 Å². The first-order valence-corrected chi connectivity index (χ1v) is 7.46. The van der Waals surface area contributed by atoms with Crippen molar-refractivity contribution in [3.63, 3.8) is 0 Å². The van der Waals surface area contributed by atoms with E-state index in [4.69, 9.17) is 10.8 Å². The minimum Gasteiger partial charge on any atom is -0.481 e. The zero-order valence-corrected chi connectivity index (χ0v) is 12.2. The molecule has 0 aromatic rings. The van der Waals surface area contributed by atoms with Crippen LogP contribution < -0.4 is 16.4 Å². The number of carboxylic acid groups (broad SMARTS) is 1. The number of hydrogen-bond acceptors (Lipinski definition) is 4. The van der Waals surface area contributed by atoms with Gasteiger partial charge >= 0.3 is 5.97 Å². The molecule has 0 aromatic carbocycles. The summed E-state index contributed by atoms with van der Waals surface area (Å²) >= 11 is 0. The first kappa shape index (κ1) is 15.8. The third-order valence-electron chi connectivity index (χ3n) is 4.01. The number of carbonyl (C=O) groups is 3. The first-order chi connectivity index (χ1) is 9.88. The van der Waals surface area contributed by atoms with Gasteiger partial charge in [-0.05, 0) is 44.4 Å². The van der Waals surface area contributed by atoms with E-state index in [9.17, 15) is 14.4 Å². The van der Waals surface area contributed by atoms with Gasteiger partial charge in [-0.2, -0.15) is 0 Å². The van der Waals surface area contributed by atoms with E-state index in [1.54, 1.807) is 6.92 Å². The zero-order chi connectivity index (χ0) is 15.6. The molecule has 2 atom stereocenters. The summed E-state index contributed by atoms with van der Waals surface area (Å²) in [6.07, 6.45) is 3.46. The van der Waals surface area contributed by atoms with E-state index < -0.39 is 30.5 Å². The monoisotopic (exact) mass is 297 g/mol. The number of carbonyl (C=O) groups excluding carboxylic acids is 2. The van der Waals surface area contributed by atoms with Crippen molar-refractivity contribution in [2.75, 3.05) is 0 Å². The Balaban J connectivity index is 1.77. The molecule has 0 aliphatic heterocycles.